The fraction of sp³-hybridized carbons (Fsp3) is 0.111. The highest BCUT2D eigenvalue weighted by Gasteiger charge is 2.16. The van der Waals surface area contributed by atoms with Gasteiger partial charge in [-0.3, -0.25) is 0 Å². The van der Waals surface area contributed by atoms with E-state index in [0.717, 1.165) is 5.75 Å². The molecule has 106 valence electrons. The van der Waals surface area contributed by atoms with Crippen molar-refractivity contribution in [3.05, 3.63) is 66.7 Å². The molecule has 0 radical (unpaired) electrons. The van der Waals surface area contributed by atoms with E-state index in [2.05, 4.69) is 73.4 Å². The van der Waals surface area contributed by atoms with Crippen LogP contribution < -0.4 is 15.3 Å². The third kappa shape index (κ3) is 2.96. The first-order valence-electron chi connectivity index (χ1n) is 6.66. The van der Waals surface area contributed by atoms with E-state index in [0.29, 0.717) is 0 Å². The first-order valence-corrected chi connectivity index (χ1v) is 8.44. The van der Waals surface area contributed by atoms with Gasteiger partial charge in [-0.1, -0.05) is 60.7 Å². The van der Waals surface area contributed by atoms with Crippen molar-refractivity contribution in [2.24, 2.45) is 0 Å². The fourth-order valence-corrected chi connectivity index (χ4v) is 4.47. The van der Waals surface area contributed by atoms with Gasteiger partial charge in [0.25, 0.3) is 0 Å². The Labute approximate surface area is 129 Å². The SMILES string of the molecule is B.COc1ccc2ccccc2c1P(C)c1ccccc1. The van der Waals surface area contributed by atoms with Gasteiger partial charge in [0.15, 0.2) is 0 Å². The number of hydrogen-bond donors (Lipinski definition) is 0. The normalized spacial score (nSPS) is 11.7. The van der Waals surface area contributed by atoms with Crippen LogP contribution in [0.15, 0.2) is 66.7 Å². The van der Waals surface area contributed by atoms with Gasteiger partial charge in [-0.05, 0) is 36.7 Å². The molecule has 0 aliphatic heterocycles. The van der Waals surface area contributed by atoms with Crippen LogP contribution in [0.4, 0.5) is 0 Å². The van der Waals surface area contributed by atoms with Crippen LogP contribution in [0.25, 0.3) is 10.8 Å². The minimum Gasteiger partial charge on any atom is -0.496 e. The van der Waals surface area contributed by atoms with Crippen LogP contribution in [0, 0.1) is 0 Å². The fourth-order valence-electron chi connectivity index (χ4n) is 2.53. The maximum Gasteiger partial charge on any atom is 0.127 e. The van der Waals surface area contributed by atoms with E-state index < -0.39 is 7.92 Å². The molecule has 21 heavy (non-hydrogen) atoms. The second-order valence-electron chi connectivity index (χ2n) is 4.73. The van der Waals surface area contributed by atoms with Gasteiger partial charge in [-0.25, -0.2) is 0 Å². The minimum atomic E-state index is -0.422. The number of hydrogen-bond acceptors (Lipinski definition) is 1. The monoisotopic (exact) mass is 294 g/mol. The summed E-state index contributed by atoms with van der Waals surface area (Å²) < 4.78 is 5.61. The van der Waals surface area contributed by atoms with Gasteiger partial charge in [-0.2, -0.15) is 0 Å². The molecule has 0 aliphatic carbocycles. The standard InChI is InChI=1S/C18H17OP.BH3/c1-19-17-13-12-14-8-6-7-11-16(14)18(17)20(2)15-9-4-3-5-10-15;/h3-13H,1-2H3;1H3. The van der Waals surface area contributed by atoms with E-state index in [1.165, 1.54) is 21.4 Å². The Morgan fingerprint density at radius 3 is 2.19 bits per heavy atom. The average Bonchev–Trinajstić information content (AvgIpc) is 2.54. The lowest BCUT2D eigenvalue weighted by Crippen LogP contribution is -2.14. The van der Waals surface area contributed by atoms with Crippen molar-refractivity contribution in [1.82, 2.24) is 0 Å². The summed E-state index contributed by atoms with van der Waals surface area (Å²) in [6, 6.07) is 23.4. The molecule has 1 nitrogen and oxygen atoms in total. The first-order chi connectivity index (χ1) is 9.81. The van der Waals surface area contributed by atoms with Gasteiger partial charge >= 0.3 is 0 Å². The first kappa shape index (κ1) is 15.6. The molecule has 1 unspecified atom stereocenters. The molecule has 0 saturated carbocycles. The zero-order valence-electron chi connectivity index (χ0n) is 11.7. The molecule has 3 aromatic rings. The van der Waals surface area contributed by atoms with Crippen molar-refractivity contribution in [3.63, 3.8) is 0 Å². The minimum absolute atomic E-state index is 0. The van der Waals surface area contributed by atoms with Gasteiger partial charge < -0.3 is 4.74 Å². The summed E-state index contributed by atoms with van der Waals surface area (Å²) >= 11 is 0. The molecule has 0 saturated heterocycles. The van der Waals surface area contributed by atoms with Gasteiger partial charge in [0.1, 0.15) is 5.75 Å². The number of benzene rings is 3. The number of ether oxygens (including phenoxy) is 1. The maximum atomic E-state index is 5.61. The quantitative estimate of drug-likeness (QED) is 0.533. The highest BCUT2D eigenvalue weighted by atomic mass is 31.1. The van der Waals surface area contributed by atoms with Crippen molar-refractivity contribution < 1.29 is 4.74 Å². The third-order valence-corrected chi connectivity index (χ3v) is 5.77. The second kappa shape index (κ2) is 6.78. The Balaban J connectivity index is 0.00000161. The highest BCUT2D eigenvalue weighted by Crippen LogP contribution is 2.36. The molecule has 3 rings (SSSR count). The van der Waals surface area contributed by atoms with E-state index in [1.807, 2.05) is 0 Å². The predicted molar refractivity (Wildman–Crippen MR) is 99.0 cm³/mol. The smallest absolute Gasteiger partial charge is 0.127 e. The van der Waals surface area contributed by atoms with Crippen LogP contribution in [-0.2, 0) is 0 Å². The van der Waals surface area contributed by atoms with Gasteiger partial charge in [0.05, 0.1) is 15.5 Å². The molecule has 0 N–H and O–H groups in total. The van der Waals surface area contributed by atoms with Gasteiger partial charge in [0, 0.05) is 5.30 Å². The maximum absolute atomic E-state index is 5.61. The van der Waals surface area contributed by atoms with E-state index in [-0.39, 0.29) is 8.41 Å². The van der Waals surface area contributed by atoms with Crippen LogP contribution in [-0.4, -0.2) is 22.2 Å². The zero-order valence-corrected chi connectivity index (χ0v) is 12.6. The molecule has 0 amide bonds. The Hall–Kier alpha value is -1.79. The Bertz CT molecular complexity index is 728. The molecule has 0 aliphatic rings. The number of methoxy groups -OCH3 is 1. The lowest BCUT2D eigenvalue weighted by atomic mass is 10.1. The Kier molecular flexibility index (Phi) is 5.04. The lowest BCUT2D eigenvalue weighted by molar-refractivity contribution is 0.419. The van der Waals surface area contributed by atoms with E-state index in [4.69, 9.17) is 4.74 Å². The molecule has 3 aromatic carbocycles. The van der Waals surface area contributed by atoms with Crippen LogP contribution in [0.5, 0.6) is 5.75 Å². The molecule has 0 heterocycles. The van der Waals surface area contributed by atoms with Crippen molar-refractivity contribution in [1.29, 1.82) is 0 Å². The summed E-state index contributed by atoms with van der Waals surface area (Å²) in [7, 11) is 1.33. The van der Waals surface area contributed by atoms with Gasteiger partial charge in [-0.15, -0.1) is 0 Å². The summed E-state index contributed by atoms with van der Waals surface area (Å²) in [5.74, 6) is 0.987. The molecule has 0 aromatic heterocycles. The largest absolute Gasteiger partial charge is 0.496 e. The summed E-state index contributed by atoms with van der Waals surface area (Å²) in [6.07, 6.45) is 0. The molecule has 1 atom stereocenters. The average molecular weight is 294 g/mol. The summed E-state index contributed by atoms with van der Waals surface area (Å²) in [5, 5.41) is 5.27. The molecular formula is C18H20BOP. The number of fused-ring (bicyclic) bond motifs is 1. The number of rotatable bonds is 3. The predicted octanol–water partition coefficient (Wildman–Crippen LogP) is 2.73. The lowest BCUT2D eigenvalue weighted by Gasteiger charge is -2.19. The topological polar surface area (TPSA) is 9.23 Å². The van der Waals surface area contributed by atoms with Gasteiger partial charge in [0.2, 0.25) is 0 Å². The summed E-state index contributed by atoms with van der Waals surface area (Å²) in [6.45, 7) is 2.30. The Morgan fingerprint density at radius 1 is 0.810 bits per heavy atom. The Morgan fingerprint density at radius 2 is 1.48 bits per heavy atom. The summed E-state index contributed by atoms with van der Waals surface area (Å²) in [4.78, 5) is 0. The van der Waals surface area contributed by atoms with E-state index in [9.17, 15) is 0 Å². The van der Waals surface area contributed by atoms with Crippen molar-refractivity contribution in [2.75, 3.05) is 13.8 Å². The highest BCUT2D eigenvalue weighted by molar-refractivity contribution is 7.73. The van der Waals surface area contributed by atoms with Crippen molar-refractivity contribution in [3.8, 4) is 5.75 Å². The third-order valence-electron chi connectivity index (χ3n) is 3.56. The zero-order chi connectivity index (χ0) is 13.9. The van der Waals surface area contributed by atoms with Crippen LogP contribution in [0.1, 0.15) is 0 Å². The molecule has 3 heteroatoms. The molecule has 0 fully saturated rings. The van der Waals surface area contributed by atoms with Crippen LogP contribution in [0.3, 0.4) is 0 Å². The molecule has 0 spiro atoms. The molecule has 0 bridgehead atoms. The van der Waals surface area contributed by atoms with E-state index >= 15 is 0 Å². The molecular weight excluding hydrogens is 274 g/mol. The summed E-state index contributed by atoms with van der Waals surface area (Å²) in [5.41, 5.74) is 0. The van der Waals surface area contributed by atoms with Crippen LogP contribution in [0.2, 0.25) is 0 Å². The van der Waals surface area contributed by atoms with Crippen molar-refractivity contribution in [2.45, 2.75) is 0 Å². The van der Waals surface area contributed by atoms with Crippen molar-refractivity contribution >= 4 is 37.7 Å². The van der Waals surface area contributed by atoms with Crippen LogP contribution >= 0.6 is 7.92 Å². The second-order valence-corrected chi connectivity index (χ2v) is 6.81. The van der Waals surface area contributed by atoms with E-state index in [1.54, 1.807) is 7.11 Å².